The van der Waals surface area contributed by atoms with Crippen molar-refractivity contribution in [3.8, 4) is 0 Å². The summed E-state index contributed by atoms with van der Waals surface area (Å²) in [5, 5.41) is 11.3. The number of rotatable bonds is 7. The van der Waals surface area contributed by atoms with Crippen molar-refractivity contribution in [3.63, 3.8) is 0 Å². The number of nitrogens with zero attached hydrogens (tertiary/aromatic N) is 2. The Kier molecular flexibility index (Phi) is 6.17. The Morgan fingerprint density at radius 1 is 1.11 bits per heavy atom. The fraction of sp³-hybridized carbons (Fsp3) is 0.278. The minimum absolute atomic E-state index is 0.0883. The molecule has 0 aliphatic carbocycles. The number of hydrogen-bond acceptors (Lipinski definition) is 6. The second kappa shape index (κ2) is 8.17. The summed E-state index contributed by atoms with van der Waals surface area (Å²) >= 11 is 0. The molecule has 0 aliphatic heterocycles. The minimum Gasteiger partial charge on any atom is -0.465 e. The van der Waals surface area contributed by atoms with Crippen LogP contribution in [0.5, 0.6) is 0 Å². The lowest BCUT2D eigenvalue weighted by Gasteiger charge is -2.26. The van der Waals surface area contributed by atoms with E-state index in [1.54, 1.807) is 39.0 Å². The molecule has 0 aliphatic rings. The van der Waals surface area contributed by atoms with Gasteiger partial charge in [-0.25, -0.2) is 8.42 Å². The van der Waals surface area contributed by atoms with Crippen molar-refractivity contribution in [2.24, 2.45) is 0 Å². The van der Waals surface area contributed by atoms with Gasteiger partial charge >= 0.3 is 5.97 Å². The van der Waals surface area contributed by atoms with Gasteiger partial charge in [0, 0.05) is 6.07 Å². The Labute approximate surface area is 157 Å². The highest BCUT2D eigenvalue weighted by molar-refractivity contribution is 7.93. The first-order valence-electron chi connectivity index (χ1n) is 8.18. The first-order valence-corrected chi connectivity index (χ1v) is 9.62. The molecule has 0 bridgehead atoms. The van der Waals surface area contributed by atoms with Crippen LogP contribution in [-0.4, -0.2) is 32.5 Å². The zero-order chi connectivity index (χ0) is 20.2. The maximum atomic E-state index is 13.3. The van der Waals surface area contributed by atoms with Crippen LogP contribution in [0.4, 0.5) is 11.4 Å². The molecule has 0 spiro atoms. The van der Waals surface area contributed by atoms with Crippen molar-refractivity contribution in [2.45, 2.75) is 25.7 Å². The number of carbonyl (C=O) groups is 1. The second-order valence-electron chi connectivity index (χ2n) is 5.78. The molecule has 0 aromatic heterocycles. The van der Waals surface area contributed by atoms with Crippen molar-refractivity contribution in [2.75, 3.05) is 17.5 Å². The lowest BCUT2D eigenvalue weighted by atomic mass is 10.1. The van der Waals surface area contributed by atoms with Crippen LogP contribution in [0.2, 0.25) is 0 Å². The van der Waals surface area contributed by atoms with E-state index in [1.807, 2.05) is 0 Å². The van der Waals surface area contributed by atoms with Gasteiger partial charge in [0.15, 0.2) is 4.90 Å². The average Bonchev–Trinajstić information content (AvgIpc) is 2.60. The SMILES string of the molecule is CCOC(=O)CN(c1c(C)cccc1C)S(=O)(=O)c1ccccc1[N+](=O)[O-]. The van der Waals surface area contributed by atoms with Gasteiger partial charge < -0.3 is 4.74 Å². The molecule has 2 aromatic rings. The molecule has 9 heteroatoms. The number of nitro benzene ring substituents is 1. The van der Waals surface area contributed by atoms with Crippen molar-refractivity contribution < 1.29 is 22.9 Å². The molecule has 2 rings (SSSR count). The molecule has 0 saturated carbocycles. The summed E-state index contributed by atoms with van der Waals surface area (Å²) < 4.78 is 32.4. The Hall–Kier alpha value is -2.94. The van der Waals surface area contributed by atoms with Gasteiger partial charge in [0.25, 0.3) is 15.7 Å². The number of aryl methyl sites for hydroxylation is 2. The highest BCUT2D eigenvalue weighted by Crippen LogP contribution is 2.33. The quantitative estimate of drug-likeness (QED) is 0.407. The topological polar surface area (TPSA) is 107 Å². The van der Waals surface area contributed by atoms with Gasteiger partial charge in [0.2, 0.25) is 0 Å². The first kappa shape index (κ1) is 20.4. The summed E-state index contributed by atoms with van der Waals surface area (Å²) in [5.41, 5.74) is 0.962. The normalized spacial score (nSPS) is 11.1. The predicted octanol–water partition coefficient (Wildman–Crippen LogP) is 2.97. The van der Waals surface area contributed by atoms with Gasteiger partial charge in [-0.1, -0.05) is 30.3 Å². The maximum Gasteiger partial charge on any atom is 0.326 e. The number of para-hydroxylation sites is 2. The molecule has 0 saturated heterocycles. The van der Waals surface area contributed by atoms with Crippen molar-refractivity contribution in [1.29, 1.82) is 0 Å². The Balaban J connectivity index is 2.70. The molecule has 0 fully saturated rings. The van der Waals surface area contributed by atoms with Gasteiger partial charge in [0.1, 0.15) is 6.54 Å². The lowest BCUT2D eigenvalue weighted by molar-refractivity contribution is -0.387. The van der Waals surface area contributed by atoms with Crippen LogP contribution in [0, 0.1) is 24.0 Å². The van der Waals surface area contributed by atoms with Crippen molar-refractivity contribution in [1.82, 2.24) is 0 Å². The number of carbonyl (C=O) groups excluding carboxylic acids is 1. The predicted molar refractivity (Wildman–Crippen MR) is 100 cm³/mol. The number of ether oxygens (including phenoxy) is 1. The molecule has 2 aromatic carbocycles. The molecule has 0 amide bonds. The smallest absolute Gasteiger partial charge is 0.326 e. The Morgan fingerprint density at radius 3 is 2.26 bits per heavy atom. The Morgan fingerprint density at radius 2 is 1.70 bits per heavy atom. The monoisotopic (exact) mass is 392 g/mol. The summed E-state index contributed by atoms with van der Waals surface area (Å²) in [6.45, 7) is 4.52. The number of benzene rings is 2. The molecular weight excluding hydrogens is 372 g/mol. The van der Waals surface area contributed by atoms with Crippen LogP contribution in [0.3, 0.4) is 0 Å². The van der Waals surface area contributed by atoms with E-state index in [2.05, 4.69) is 0 Å². The van der Waals surface area contributed by atoms with Crippen LogP contribution >= 0.6 is 0 Å². The number of anilines is 1. The van der Waals surface area contributed by atoms with E-state index in [1.165, 1.54) is 12.1 Å². The van der Waals surface area contributed by atoms with Crippen molar-refractivity contribution in [3.05, 3.63) is 63.7 Å². The number of esters is 1. The molecule has 27 heavy (non-hydrogen) atoms. The first-order chi connectivity index (χ1) is 12.7. The number of hydrogen-bond donors (Lipinski definition) is 0. The fourth-order valence-corrected chi connectivity index (χ4v) is 4.45. The zero-order valence-corrected chi connectivity index (χ0v) is 16.0. The maximum absolute atomic E-state index is 13.3. The van der Waals surface area contributed by atoms with E-state index in [9.17, 15) is 23.3 Å². The highest BCUT2D eigenvalue weighted by atomic mass is 32.2. The van der Waals surface area contributed by atoms with Gasteiger partial charge in [0.05, 0.1) is 17.2 Å². The van der Waals surface area contributed by atoms with E-state index in [-0.39, 0.29) is 6.61 Å². The molecule has 0 heterocycles. The number of sulfonamides is 1. The van der Waals surface area contributed by atoms with Crippen LogP contribution in [0.15, 0.2) is 47.4 Å². The molecule has 0 atom stereocenters. The van der Waals surface area contributed by atoms with Gasteiger partial charge in [-0.2, -0.15) is 0 Å². The van der Waals surface area contributed by atoms with Gasteiger partial charge in [-0.3, -0.25) is 19.2 Å². The van der Waals surface area contributed by atoms with Gasteiger partial charge in [-0.15, -0.1) is 0 Å². The minimum atomic E-state index is -4.40. The summed E-state index contributed by atoms with van der Waals surface area (Å²) in [6.07, 6.45) is 0. The van der Waals surface area contributed by atoms with E-state index < -0.39 is 38.0 Å². The van der Waals surface area contributed by atoms with E-state index in [0.29, 0.717) is 16.8 Å². The molecule has 8 nitrogen and oxygen atoms in total. The number of nitro groups is 1. The summed E-state index contributed by atoms with van der Waals surface area (Å²) in [6, 6.07) is 10.2. The largest absolute Gasteiger partial charge is 0.465 e. The molecular formula is C18H20N2O6S. The van der Waals surface area contributed by atoms with Crippen molar-refractivity contribution >= 4 is 27.4 Å². The Bertz CT molecular complexity index is 951. The third kappa shape index (κ3) is 4.25. The fourth-order valence-electron chi connectivity index (χ4n) is 2.75. The van der Waals surface area contributed by atoms with Crippen LogP contribution < -0.4 is 4.31 Å². The third-order valence-electron chi connectivity index (χ3n) is 3.90. The van der Waals surface area contributed by atoms with Crippen LogP contribution in [-0.2, 0) is 19.6 Å². The lowest BCUT2D eigenvalue weighted by Crippen LogP contribution is -2.37. The van der Waals surface area contributed by atoms with E-state index in [0.717, 1.165) is 16.4 Å². The third-order valence-corrected chi connectivity index (χ3v) is 5.69. The second-order valence-corrected chi connectivity index (χ2v) is 7.61. The van der Waals surface area contributed by atoms with E-state index in [4.69, 9.17) is 4.74 Å². The van der Waals surface area contributed by atoms with Crippen LogP contribution in [0.1, 0.15) is 18.1 Å². The molecule has 0 unspecified atom stereocenters. The molecule has 0 N–H and O–H groups in total. The summed E-state index contributed by atoms with van der Waals surface area (Å²) in [5.74, 6) is -0.748. The van der Waals surface area contributed by atoms with Crippen LogP contribution in [0.25, 0.3) is 0 Å². The standard InChI is InChI=1S/C18H20N2O6S/c1-4-26-17(21)12-19(18-13(2)8-7-9-14(18)3)27(24,25)16-11-6-5-10-15(16)20(22)23/h5-11H,4,12H2,1-3H3. The average molecular weight is 392 g/mol. The zero-order valence-electron chi connectivity index (χ0n) is 15.2. The summed E-state index contributed by atoms with van der Waals surface area (Å²) in [4.78, 5) is 22.2. The van der Waals surface area contributed by atoms with Gasteiger partial charge in [-0.05, 0) is 38.0 Å². The van der Waals surface area contributed by atoms with E-state index >= 15 is 0 Å². The molecule has 144 valence electrons. The summed E-state index contributed by atoms with van der Waals surface area (Å²) in [7, 11) is -4.40. The molecule has 0 radical (unpaired) electrons. The highest BCUT2D eigenvalue weighted by Gasteiger charge is 2.34.